The maximum absolute atomic E-state index is 13.8. The second-order valence-corrected chi connectivity index (χ2v) is 11.5. The first-order valence-electron chi connectivity index (χ1n) is 11.7. The van der Waals surface area contributed by atoms with Crippen molar-refractivity contribution >= 4 is 63.2 Å². The molecule has 0 bridgehead atoms. The van der Waals surface area contributed by atoms with Gasteiger partial charge in [0.1, 0.15) is 10.4 Å². The summed E-state index contributed by atoms with van der Waals surface area (Å²) in [7, 11) is 8.04. The molecule has 37 heavy (non-hydrogen) atoms. The smallest absolute Gasteiger partial charge is 0.267 e. The summed E-state index contributed by atoms with van der Waals surface area (Å²) in [5.41, 5.74) is 5.12. The van der Waals surface area contributed by atoms with Gasteiger partial charge in [-0.1, -0.05) is 71.1 Å². The summed E-state index contributed by atoms with van der Waals surface area (Å²) in [5, 5.41) is 10.5. The van der Waals surface area contributed by atoms with Crippen LogP contribution in [-0.4, -0.2) is 44.3 Å². The molecule has 1 amide bonds. The zero-order valence-corrected chi connectivity index (χ0v) is 23.3. The van der Waals surface area contributed by atoms with Crippen molar-refractivity contribution in [2.45, 2.75) is 5.37 Å². The molecule has 3 aromatic carbocycles. The van der Waals surface area contributed by atoms with E-state index in [1.165, 1.54) is 23.1 Å². The molecule has 0 N–H and O–H groups in total. The van der Waals surface area contributed by atoms with Gasteiger partial charge in [0.25, 0.3) is 5.91 Å². The first kappa shape index (κ1) is 25.3. The number of rotatable bonds is 6. The number of anilines is 3. The van der Waals surface area contributed by atoms with Crippen molar-refractivity contribution < 1.29 is 4.79 Å². The van der Waals surface area contributed by atoms with Crippen molar-refractivity contribution in [3.05, 3.63) is 93.9 Å². The molecule has 2 heterocycles. The van der Waals surface area contributed by atoms with Gasteiger partial charge in [-0.05, 0) is 53.6 Å². The summed E-state index contributed by atoms with van der Waals surface area (Å²) in [6.07, 6.45) is 1.95. The topological polar surface area (TPSA) is 52.6 Å². The van der Waals surface area contributed by atoms with Crippen LogP contribution in [-0.2, 0) is 4.79 Å². The van der Waals surface area contributed by atoms with Crippen molar-refractivity contribution in [2.24, 2.45) is 0 Å². The zero-order valence-electron chi connectivity index (χ0n) is 20.9. The summed E-state index contributed by atoms with van der Waals surface area (Å²) in [5.74, 6) is -0.0813. The minimum absolute atomic E-state index is 0.0813. The van der Waals surface area contributed by atoms with E-state index in [0.29, 0.717) is 15.1 Å². The highest BCUT2D eigenvalue weighted by Gasteiger charge is 2.40. The van der Waals surface area contributed by atoms with Crippen molar-refractivity contribution in [2.75, 3.05) is 42.9 Å². The third-order valence-electron chi connectivity index (χ3n) is 6.02. The lowest BCUT2D eigenvalue weighted by atomic mass is 10.1. The molecule has 0 spiro atoms. The average molecular weight is 548 g/mol. The van der Waals surface area contributed by atoms with Gasteiger partial charge in [-0.3, -0.25) is 9.69 Å². The molecule has 5 rings (SSSR count). The van der Waals surface area contributed by atoms with Gasteiger partial charge >= 0.3 is 0 Å². The number of benzene rings is 3. The minimum atomic E-state index is -0.248. The Kier molecular flexibility index (Phi) is 7.24. The molecule has 1 aliphatic rings. The number of aromatic nitrogens is 2. The third-order valence-corrected chi connectivity index (χ3v) is 8.49. The van der Waals surface area contributed by atoms with Gasteiger partial charge in [-0.2, -0.15) is 0 Å². The lowest BCUT2D eigenvalue weighted by Crippen LogP contribution is -2.27. The molecule has 1 saturated heterocycles. The Morgan fingerprint density at radius 3 is 2.03 bits per heavy atom. The summed E-state index contributed by atoms with van der Waals surface area (Å²) >= 11 is 8.99. The average Bonchev–Trinajstić information content (AvgIpc) is 3.50. The summed E-state index contributed by atoms with van der Waals surface area (Å²) < 4.78 is 0. The Hall–Kier alpha value is -3.33. The van der Waals surface area contributed by atoms with Gasteiger partial charge in [0.2, 0.25) is 5.13 Å². The largest absolute Gasteiger partial charge is 0.378 e. The van der Waals surface area contributed by atoms with Gasteiger partial charge in [0.15, 0.2) is 0 Å². The molecule has 0 saturated carbocycles. The first-order valence-corrected chi connectivity index (χ1v) is 13.7. The molecule has 0 radical (unpaired) electrons. The standard InChI is InChI=1S/C28H26ClN5OS2/c1-32(2)22-13-5-18(6-14-22)17-24-26(35)34(27(36-24)20-9-15-23(16-10-20)33(3)4)28-31-30-25(37-28)19-7-11-21(29)12-8-19/h5-17,27H,1-4H3/b24-17-. The van der Waals surface area contributed by atoms with Gasteiger partial charge in [-0.15, -0.1) is 10.2 Å². The highest BCUT2D eigenvalue weighted by molar-refractivity contribution is 8.05. The van der Waals surface area contributed by atoms with Crippen molar-refractivity contribution in [1.29, 1.82) is 0 Å². The molecular weight excluding hydrogens is 522 g/mol. The lowest BCUT2D eigenvalue weighted by molar-refractivity contribution is -0.114. The van der Waals surface area contributed by atoms with Crippen molar-refractivity contribution in [3.8, 4) is 10.6 Å². The molecule has 0 aliphatic carbocycles. The molecule has 6 nitrogen and oxygen atoms in total. The van der Waals surface area contributed by atoms with E-state index in [-0.39, 0.29) is 11.3 Å². The van der Waals surface area contributed by atoms with Gasteiger partial charge in [0.05, 0.1) is 4.91 Å². The van der Waals surface area contributed by atoms with E-state index in [4.69, 9.17) is 11.6 Å². The van der Waals surface area contributed by atoms with Gasteiger partial charge < -0.3 is 9.80 Å². The molecule has 1 aromatic heterocycles. The van der Waals surface area contributed by atoms with Crippen LogP contribution >= 0.6 is 34.7 Å². The molecule has 1 aliphatic heterocycles. The van der Waals surface area contributed by atoms with Crippen LogP contribution in [0.15, 0.2) is 77.7 Å². The maximum atomic E-state index is 13.8. The second-order valence-electron chi connectivity index (χ2n) is 9.02. The molecule has 188 valence electrons. The van der Waals surface area contributed by atoms with Crippen LogP contribution in [0.3, 0.4) is 0 Å². The summed E-state index contributed by atoms with van der Waals surface area (Å²) in [4.78, 5) is 20.3. The van der Waals surface area contributed by atoms with Gasteiger partial charge in [-0.25, -0.2) is 0 Å². The Morgan fingerprint density at radius 1 is 0.838 bits per heavy atom. The lowest BCUT2D eigenvalue weighted by Gasteiger charge is -2.21. The van der Waals surface area contributed by atoms with E-state index in [0.717, 1.165) is 33.1 Å². The van der Waals surface area contributed by atoms with Gasteiger partial charge in [0, 0.05) is 50.2 Å². The van der Waals surface area contributed by atoms with Crippen molar-refractivity contribution in [3.63, 3.8) is 0 Å². The summed E-state index contributed by atoms with van der Waals surface area (Å²) in [6, 6.07) is 23.9. The molecule has 1 fully saturated rings. The molecule has 1 unspecified atom stereocenters. The maximum Gasteiger partial charge on any atom is 0.267 e. The van der Waals surface area contributed by atoms with Crippen LogP contribution < -0.4 is 14.7 Å². The molecule has 1 atom stereocenters. The molecular formula is C28H26ClN5OS2. The number of halogens is 1. The monoisotopic (exact) mass is 547 g/mol. The quantitative estimate of drug-likeness (QED) is 0.247. The normalized spacial score (nSPS) is 16.5. The Balaban J connectivity index is 1.51. The van der Waals surface area contributed by atoms with Crippen LogP contribution in [0.1, 0.15) is 16.5 Å². The number of nitrogens with zero attached hydrogens (tertiary/aromatic N) is 5. The summed E-state index contributed by atoms with van der Waals surface area (Å²) in [6.45, 7) is 0. The van der Waals surface area contributed by atoms with Crippen LogP contribution in [0.25, 0.3) is 16.6 Å². The molecule has 9 heteroatoms. The predicted molar refractivity (Wildman–Crippen MR) is 158 cm³/mol. The number of hydrogen-bond acceptors (Lipinski definition) is 7. The number of carbonyl (C=O) groups is 1. The van der Waals surface area contributed by atoms with E-state index in [2.05, 4.69) is 56.4 Å². The van der Waals surface area contributed by atoms with E-state index in [1.54, 1.807) is 4.90 Å². The van der Waals surface area contributed by atoms with Crippen LogP contribution in [0.5, 0.6) is 0 Å². The van der Waals surface area contributed by atoms with E-state index in [9.17, 15) is 4.79 Å². The SMILES string of the molecule is CN(C)c1ccc(/C=C2\SC(c3ccc(N(C)C)cc3)N(c3nnc(-c4ccc(Cl)cc4)s3)C2=O)cc1. The Labute approximate surface area is 230 Å². The second kappa shape index (κ2) is 10.6. The first-order chi connectivity index (χ1) is 17.8. The Bertz CT molecular complexity index is 1430. The van der Waals surface area contributed by atoms with E-state index in [1.807, 2.05) is 70.7 Å². The number of carbonyl (C=O) groups excluding carboxylic acids is 1. The zero-order chi connectivity index (χ0) is 26.1. The number of hydrogen-bond donors (Lipinski definition) is 0. The minimum Gasteiger partial charge on any atom is -0.378 e. The van der Waals surface area contributed by atoms with Crippen LogP contribution in [0.4, 0.5) is 16.5 Å². The van der Waals surface area contributed by atoms with Crippen LogP contribution in [0, 0.1) is 0 Å². The van der Waals surface area contributed by atoms with E-state index >= 15 is 0 Å². The van der Waals surface area contributed by atoms with Crippen LogP contribution in [0.2, 0.25) is 5.02 Å². The third kappa shape index (κ3) is 5.37. The van der Waals surface area contributed by atoms with Crippen molar-refractivity contribution in [1.82, 2.24) is 10.2 Å². The number of thioether (sulfide) groups is 1. The predicted octanol–water partition coefficient (Wildman–Crippen LogP) is 6.81. The fraction of sp³-hybridized carbons (Fsp3) is 0.179. The molecule has 4 aromatic rings. The highest BCUT2D eigenvalue weighted by Crippen LogP contribution is 2.49. The van der Waals surface area contributed by atoms with E-state index < -0.39 is 0 Å². The number of amides is 1. The fourth-order valence-electron chi connectivity index (χ4n) is 3.93. The fourth-order valence-corrected chi connectivity index (χ4v) is 6.24. The Morgan fingerprint density at radius 2 is 1.43 bits per heavy atom. The highest BCUT2D eigenvalue weighted by atomic mass is 35.5.